The quantitative estimate of drug-likeness (QED) is 0.0357. The van der Waals surface area contributed by atoms with Gasteiger partial charge in [0, 0.05) is 6.42 Å². The van der Waals surface area contributed by atoms with Crippen molar-refractivity contribution in [3.63, 3.8) is 0 Å². The molecule has 0 radical (unpaired) electrons. The Hall–Kier alpha value is -1.70. The summed E-state index contributed by atoms with van der Waals surface area (Å²) < 4.78 is 32.4. The van der Waals surface area contributed by atoms with Crippen molar-refractivity contribution in [3.05, 3.63) is 48.6 Å². The van der Waals surface area contributed by atoms with Crippen molar-refractivity contribution in [1.82, 2.24) is 5.32 Å². The van der Waals surface area contributed by atoms with Gasteiger partial charge in [-0.2, -0.15) is 8.42 Å². The average molecular weight is 680 g/mol. The Morgan fingerprint density at radius 2 is 1.02 bits per heavy atom. The Bertz CT molecular complexity index is 925. The highest BCUT2D eigenvalue weighted by molar-refractivity contribution is 7.85. The van der Waals surface area contributed by atoms with Gasteiger partial charge in [-0.15, -0.1) is 0 Å². The van der Waals surface area contributed by atoms with E-state index in [4.69, 9.17) is 0 Å². The number of aliphatic hydroxyl groups excluding tert-OH is 1. The number of aliphatic hydroxyl groups is 1. The van der Waals surface area contributed by atoms with Crippen LogP contribution in [0.1, 0.15) is 181 Å². The largest absolute Gasteiger partial charge is 0.387 e. The molecule has 0 aromatic rings. The van der Waals surface area contributed by atoms with E-state index in [0.29, 0.717) is 0 Å². The lowest BCUT2D eigenvalue weighted by Crippen LogP contribution is -2.46. The maximum absolute atomic E-state index is 12.5. The summed E-state index contributed by atoms with van der Waals surface area (Å²) >= 11 is 0. The number of nitrogens with one attached hydrogen (secondary N) is 1. The molecule has 0 aliphatic rings. The predicted octanol–water partition coefficient (Wildman–Crippen LogP) is 11.1. The highest BCUT2D eigenvalue weighted by Crippen LogP contribution is 2.14. The Balaban J connectivity index is 3.98. The van der Waals surface area contributed by atoms with E-state index >= 15 is 0 Å². The first-order valence-corrected chi connectivity index (χ1v) is 20.9. The van der Waals surface area contributed by atoms with Crippen LogP contribution in [0, 0.1) is 0 Å². The van der Waals surface area contributed by atoms with Gasteiger partial charge in [0.15, 0.2) is 0 Å². The van der Waals surface area contributed by atoms with Crippen LogP contribution in [-0.4, -0.2) is 41.9 Å². The Morgan fingerprint density at radius 3 is 1.51 bits per heavy atom. The van der Waals surface area contributed by atoms with Crippen molar-refractivity contribution in [3.8, 4) is 0 Å². The molecule has 0 aromatic heterocycles. The van der Waals surface area contributed by atoms with E-state index in [1.165, 1.54) is 89.9 Å². The monoisotopic (exact) mass is 680 g/mol. The molecule has 0 aromatic carbocycles. The third kappa shape index (κ3) is 35.4. The van der Waals surface area contributed by atoms with Gasteiger partial charge >= 0.3 is 0 Å². The number of unbranched alkanes of at least 4 members (excludes halogenated alkanes) is 20. The summed E-state index contributed by atoms with van der Waals surface area (Å²) in [5.41, 5.74) is 0. The molecule has 0 aliphatic heterocycles. The minimum absolute atomic E-state index is 0.283. The Kier molecular flexibility index (Phi) is 32.9. The smallest absolute Gasteiger partial charge is 0.267 e. The average Bonchev–Trinajstić information content (AvgIpc) is 3.03. The highest BCUT2D eigenvalue weighted by Gasteiger charge is 2.24. The lowest BCUT2D eigenvalue weighted by Gasteiger charge is -2.21. The fourth-order valence-electron chi connectivity index (χ4n) is 5.64. The maximum Gasteiger partial charge on any atom is 0.267 e. The second kappa shape index (κ2) is 34.2. The number of carbonyl (C=O) groups excluding carboxylic acids is 1. The first kappa shape index (κ1) is 45.3. The van der Waals surface area contributed by atoms with Crippen LogP contribution in [0.15, 0.2) is 48.6 Å². The SMILES string of the molecule is CC/C=C\C/C=C\C/C=C\CCCCCCCCCC(=O)NC(CS(=O)(=O)O)C(O)/C=C/CCCCCCCCCCCCCCC. The molecule has 0 fully saturated rings. The third-order valence-corrected chi connectivity index (χ3v) is 9.29. The number of hydrogen-bond acceptors (Lipinski definition) is 4. The van der Waals surface area contributed by atoms with Crippen molar-refractivity contribution in [2.24, 2.45) is 0 Å². The van der Waals surface area contributed by atoms with Crippen LogP contribution in [-0.2, 0) is 14.9 Å². The van der Waals surface area contributed by atoms with Crippen LogP contribution >= 0.6 is 0 Å². The molecule has 7 heteroatoms. The highest BCUT2D eigenvalue weighted by atomic mass is 32.2. The number of hydrogen-bond donors (Lipinski definition) is 3. The van der Waals surface area contributed by atoms with Crippen LogP contribution in [0.25, 0.3) is 0 Å². The number of allylic oxidation sites excluding steroid dienone is 7. The topological polar surface area (TPSA) is 104 Å². The lowest BCUT2D eigenvalue weighted by atomic mass is 10.0. The van der Waals surface area contributed by atoms with Gasteiger partial charge in [0.2, 0.25) is 5.91 Å². The van der Waals surface area contributed by atoms with Gasteiger partial charge in [0.25, 0.3) is 10.1 Å². The summed E-state index contributed by atoms with van der Waals surface area (Å²) in [6, 6.07) is -1.06. The second-order valence-electron chi connectivity index (χ2n) is 13.2. The van der Waals surface area contributed by atoms with Gasteiger partial charge in [0.1, 0.15) is 0 Å². The molecular weight excluding hydrogens is 607 g/mol. The fourth-order valence-corrected chi connectivity index (χ4v) is 6.37. The maximum atomic E-state index is 12.5. The molecule has 3 N–H and O–H groups in total. The number of carbonyl (C=O) groups is 1. The zero-order valence-corrected chi connectivity index (χ0v) is 31.2. The van der Waals surface area contributed by atoms with Crippen molar-refractivity contribution >= 4 is 16.0 Å². The van der Waals surface area contributed by atoms with E-state index in [2.05, 4.69) is 55.6 Å². The van der Waals surface area contributed by atoms with Gasteiger partial charge in [-0.05, 0) is 51.4 Å². The normalized spacial score (nSPS) is 13.9. The van der Waals surface area contributed by atoms with E-state index in [9.17, 15) is 22.9 Å². The first-order valence-electron chi connectivity index (χ1n) is 19.3. The van der Waals surface area contributed by atoms with E-state index in [1.54, 1.807) is 6.08 Å². The molecule has 2 atom stereocenters. The van der Waals surface area contributed by atoms with Crippen LogP contribution in [0.4, 0.5) is 0 Å². The van der Waals surface area contributed by atoms with Gasteiger partial charge < -0.3 is 10.4 Å². The summed E-state index contributed by atoms with van der Waals surface area (Å²) in [5, 5.41) is 13.2. The zero-order chi connectivity index (χ0) is 34.7. The van der Waals surface area contributed by atoms with E-state index < -0.39 is 28.0 Å². The van der Waals surface area contributed by atoms with Gasteiger partial charge in [-0.1, -0.05) is 172 Å². The molecular formula is C40H73NO5S. The van der Waals surface area contributed by atoms with Gasteiger partial charge in [-0.25, -0.2) is 0 Å². The van der Waals surface area contributed by atoms with Crippen LogP contribution in [0.3, 0.4) is 0 Å². The third-order valence-electron chi connectivity index (χ3n) is 8.51. The molecule has 274 valence electrons. The molecule has 0 spiro atoms. The molecule has 0 rings (SSSR count). The fraction of sp³-hybridized carbons (Fsp3) is 0.775. The Morgan fingerprint density at radius 1 is 0.596 bits per heavy atom. The van der Waals surface area contributed by atoms with Crippen molar-refractivity contribution in [2.75, 3.05) is 5.75 Å². The number of rotatable bonds is 34. The van der Waals surface area contributed by atoms with Crippen LogP contribution < -0.4 is 5.32 Å². The summed E-state index contributed by atoms with van der Waals surface area (Å²) in [5.74, 6) is -0.993. The Labute approximate surface area is 290 Å². The molecule has 47 heavy (non-hydrogen) atoms. The van der Waals surface area contributed by atoms with Crippen molar-refractivity contribution < 1.29 is 22.9 Å². The van der Waals surface area contributed by atoms with Crippen molar-refractivity contribution in [2.45, 2.75) is 193 Å². The van der Waals surface area contributed by atoms with E-state index in [1.807, 2.05) is 6.08 Å². The van der Waals surface area contributed by atoms with Crippen molar-refractivity contribution in [1.29, 1.82) is 0 Å². The summed E-state index contributed by atoms with van der Waals surface area (Å²) in [6.45, 7) is 4.40. The summed E-state index contributed by atoms with van der Waals surface area (Å²) in [7, 11) is -4.34. The van der Waals surface area contributed by atoms with Crippen LogP contribution in [0.2, 0.25) is 0 Å². The second-order valence-corrected chi connectivity index (χ2v) is 14.7. The van der Waals surface area contributed by atoms with E-state index in [0.717, 1.165) is 70.6 Å². The predicted molar refractivity (Wildman–Crippen MR) is 202 cm³/mol. The molecule has 6 nitrogen and oxygen atoms in total. The lowest BCUT2D eigenvalue weighted by molar-refractivity contribution is -0.122. The zero-order valence-electron chi connectivity index (χ0n) is 30.4. The molecule has 0 bridgehead atoms. The minimum Gasteiger partial charge on any atom is -0.387 e. The minimum atomic E-state index is -4.34. The standard InChI is InChI=1S/C40H73NO5S/c1-3-5-7-9-11-13-15-17-19-20-22-24-26-28-30-32-34-36-40(43)41-38(37-47(44,45)46)39(42)35-33-31-29-27-25-23-21-18-16-14-12-10-8-6-4-2/h5,7,11,13,17,19,33,35,38-39,42H,3-4,6,8-10,12,14-16,18,20-32,34,36-37H2,1-2H3,(H,41,43)(H,44,45,46)/b7-5-,13-11-,19-17-,35-33+. The number of amides is 1. The molecule has 0 aliphatic carbocycles. The first-order chi connectivity index (χ1) is 22.8. The molecule has 0 heterocycles. The van der Waals surface area contributed by atoms with E-state index in [-0.39, 0.29) is 12.3 Å². The summed E-state index contributed by atoms with van der Waals surface area (Å²) in [4.78, 5) is 12.5. The molecule has 2 unspecified atom stereocenters. The summed E-state index contributed by atoms with van der Waals surface area (Å²) in [6.07, 6.45) is 45.2. The van der Waals surface area contributed by atoms with Crippen LogP contribution in [0.5, 0.6) is 0 Å². The van der Waals surface area contributed by atoms with Gasteiger partial charge in [0.05, 0.1) is 17.9 Å². The molecule has 0 saturated heterocycles. The molecule has 0 saturated carbocycles. The van der Waals surface area contributed by atoms with Gasteiger partial charge in [-0.3, -0.25) is 9.35 Å². The molecule has 1 amide bonds.